The SMILES string of the molecule is COc1ccc2nc(N)n(CCCC(=O)NC3CC3)c2c1. The molecule has 0 radical (unpaired) electrons. The van der Waals surface area contributed by atoms with Gasteiger partial charge < -0.3 is 20.4 Å². The predicted octanol–water partition coefficient (Wildman–Crippen LogP) is 1.69. The van der Waals surface area contributed by atoms with Crippen LogP contribution in [0.4, 0.5) is 5.95 Å². The molecule has 0 atom stereocenters. The van der Waals surface area contributed by atoms with Crippen molar-refractivity contribution in [2.24, 2.45) is 0 Å². The van der Waals surface area contributed by atoms with Crippen molar-refractivity contribution in [3.05, 3.63) is 18.2 Å². The Morgan fingerprint density at radius 1 is 1.52 bits per heavy atom. The van der Waals surface area contributed by atoms with Crippen molar-refractivity contribution >= 4 is 22.9 Å². The number of methoxy groups -OCH3 is 1. The average molecular weight is 288 g/mol. The van der Waals surface area contributed by atoms with Gasteiger partial charge in [-0.05, 0) is 31.4 Å². The molecule has 2 aromatic rings. The summed E-state index contributed by atoms with van der Waals surface area (Å²) in [6.07, 6.45) is 3.49. The molecule has 6 nitrogen and oxygen atoms in total. The second kappa shape index (κ2) is 5.63. The first-order valence-corrected chi connectivity index (χ1v) is 7.26. The zero-order chi connectivity index (χ0) is 14.8. The molecule has 3 N–H and O–H groups in total. The predicted molar refractivity (Wildman–Crippen MR) is 81.1 cm³/mol. The molecule has 3 rings (SSSR count). The Labute approximate surface area is 123 Å². The molecule has 1 heterocycles. The van der Waals surface area contributed by atoms with Gasteiger partial charge in [-0.15, -0.1) is 0 Å². The van der Waals surface area contributed by atoms with Crippen molar-refractivity contribution in [2.45, 2.75) is 38.3 Å². The quantitative estimate of drug-likeness (QED) is 0.847. The highest BCUT2D eigenvalue weighted by Crippen LogP contribution is 2.23. The summed E-state index contributed by atoms with van der Waals surface area (Å²) in [7, 11) is 1.63. The number of benzene rings is 1. The molecule has 1 fully saturated rings. The molecule has 0 spiro atoms. The second-order valence-electron chi connectivity index (χ2n) is 5.42. The summed E-state index contributed by atoms with van der Waals surface area (Å²) in [5.41, 5.74) is 7.75. The van der Waals surface area contributed by atoms with Crippen LogP contribution in [0.1, 0.15) is 25.7 Å². The van der Waals surface area contributed by atoms with E-state index in [1.54, 1.807) is 7.11 Å². The van der Waals surface area contributed by atoms with Gasteiger partial charge in [0.2, 0.25) is 11.9 Å². The fourth-order valence-electron chi connectivity index (χ4n) is 2.41. The van der Waals surface area contributed by atoms with Gasteiger partial charge in [0, 0.05) is 25.1 Å². The van der Waals surface area contributed by atoms with E-state index < -0.39 is 0 Å². The molecule has 0 bridgehead atoms. The minimum atomic E-state index is 0.123. The Morgan fingerprint density at radius 3 is 3.05 bits per heavy atom. The number of aryl methyl sites for hydroxylation is 1. The van der Waals surface area contributed by atoms with E-state index in [0.717, 1.165) is 36.0 Å². The third-order valence-corrected chi connectivity index (χ3v) is 3.71. The molecule has 6 heteroatoms. The molecular weight excluding hydrogens is 268 g/mol. The first-order valence-electron chi connectivity index (χ1n) is 7.26. The molecule has 1 aliphatic rings. The van der Waals surface area contributed by atoms with Crippen molar-refractivity contribution in [3.8, 4) is 5.75 Å². The molecule has 0 unspecified atom stereocenters. The standard InChI is InChI=1S/C15H20N4O2/c1-21-11-6-7-12-13(9-11)19(15(16)18-12)8-2-3-14(20)17-10-4-5-10/h6-7,9-10H,2-5,8H2,1H3,(H2,16,18)(H,17,20). The third kappa shape index (κ3) is 3.09. The van der Waals surface area contributed by atoms with Gasteiger partial charge in [0.05, 0.1) is 18.1 Å². The van der Waals surface area contributed by atoms with Crippen molar-refractivity contribution in [1.82, 2.24) is 14.9 Å². The van der Waals surface area contributed by atoms with Crippen LogP contribution >= 0.6 is 0 Å². The number of imidazole rings is 1. The van der Waals surface area contributed by atoms with E-state index in [4.69, 9.17) is 10.5 Å². The highest BCUT2D eigenvalue weighted by atomic mass is 16.5. The summed E-state index contributed by atoms with van der Waals surface area (Å²) >= 11 is 0. The number of ether oxygens (including phenoxy) is 1. The molecule has 1 amide bonds. The van der Waals surface area contributed by atoms with Crippen LogP contribution in [0, 0.1) is 0 Å². The normalized spacial score (nSPS) is 14.3. The number of nitrogen functional groups attached to an aromatic ring is 1. The van der Waals surface area contributed by atoms with Crippen LogP contribution in [0.5, 0.6) is 5.75 Å². The minimum absolute atomic E-state index is 0.123. The number of nitrogens with two attached hydrogens (primary N) is 1. The monoisotopic (exact) mass is 288 g/mol. The van der Waals surface area contributed by atoms with Gasteiger partial charge in [0.15, 0.2) is 0 Å². The number of anilines is 1. The van der Waals surface area contributed by atoms with Gasteiger partial charge in [-0.1, -0.05) is 0 Å². The van der Waals surface area contributed by atoms with Crippen LogP contribution in [-0.4, -0.2) is 28.6 Å². The lowest BCUT2D eigenvalue weighted by atomic mass is 10.2. The van der Waals surface area contributed by atoms with Gasteiger partial charge in [0.1, 0.15) is 5.75 Å². The van der Waals surface area contributed by atoms with Crippen LogP contribution in [0.2, 0.25) is 0 Å². The highest BCUT2D eigenvalue weighted by Gasteiger charge is 2.22. The zero-order valence-electron chi connectivity index (χ0n) is 12.1. The lowest BCUT2D eigenvalue weighted by molar-refractivity contribution is -0.121. The van der Waals surface area contributed by atoms with Crippen LogP contribution in [0.3, 0.4) is 0 Å². The molecule has 0 saturated heterocycles. The fourth-order valence-corrected chi connectivity index (χ4v) is 2.41. The van der Waals surface area contributed by atoms with Crippen molar-refractivity contribution in [1.29, 1.82) is 0 Å². The maximum Gasteiger partial charge on any atom is 0.220 e. The van der Waals surface area contributed by atoms with Gasteiger partial charge >= 0.3 is 0 Å². The second-order valence-corrected chi connectivity index (χ2v) is 5.42. The Balaban J connectivity index is 1.67. The van der Waals surface area contributed by atoms with Crippen molar-refractivity contribution < 1.29 is 9.53 Å². The van der Waals surface area contributed by atoms with E-state index in [9.17, 15) is 4.79 Å². The van der Waals surface area contributed by atoms with Gasteiger partial charge in [0.25, 0.3) is 0 Å². The maximum absolute atomic E-state index is 11.7. The zero-order valence-corrected chi connectivity index (χ0v) is 12.1. The van der Waals surface area contributed by atoms with Gasteiger partial charge in [-0.25, -0.2) is 4.98 Å². The van der Waals surface area contributed by atoms with E-state index in [0.29, 0.717) is 25.0 Å². The van der Waals surface area contributed by atoms with Gasteiger partial charge in [-0.3, -0.25) is 4.79 Å². The summed E-state index contributed by atoms with van der Waals surface area (Å²) in [4.78, 5) is 16.0. The molecule has 1 aliphatic carbocycles. The smallest absolute Gasteiger partial charge is 0.220 e. The number of hydrogen-bond donors (Lipinski definition) is 2. The van der Waals surface area contributed by atoms with Crippen LogP contribution in [0.15, 0.2) is 18.2 Å². The largest absolute Gasteiger partial charge is 0.497 e. The lowest BCUT2D eigenvalue weighted by Crippen LogP contribution is -2.25. The lowest BCUT2D eigenvalue weighted by Gasteiger charge is -2.07. The van der Waals surface area contributed by atoms with Crippen LogP contribution < -0.4 is 15.8 Å². The molecule has 112 valence electrons. The molecule has 1 saturated carbocycles. The van der Waals surface area contributed by atoms with Crippen LogP contribution in [0.25, 0.3) is 11.0 Å². The Kier molecular flexibility index (Phi) is 3.68. The Bertz CT molecular complexity index is 661. The number of fused-ring (bicyclic) bond motifs is 1. The summed E-state index contributed by atoms with van der Waals surface area (Å²) in [5.74, 6) is 1.37. The van der Waals surface area contributed by atoms with Crippen molar-refractivity contribution in [2.75, 3.05) is 12.8 Å². The fraction of sp³-hybridized carbons (Fsp3) is 0.467. The first-order chi connectivity index (χ1) is 10.2. The Hall–Kier alpha value is -2.24. The third-order valence-electron chi connectivity index (χ3n) is 3.71. The average Bonchev–Trinajstić information content (AvgIpc) is 3.22. The summed E-state index contributed by atoms with van der Waals surface area (Å²) in [6, 6.07) is 6.09. The van der Waals surface area contributed by atoms with E-state index in [-0.39, 0.29) is 5.91 Å². The van der Waals surface area contributed by atoms with E-state index in [2.05, 4.69) is 10.3 Å². The number of carbonyl (C=O) groups is 1. The molecule has 1 aromatic heterocycles. The number of nitrogens with zero attached hydrogens (tertiary/aromatic N) is 2. The summed E-state index contributed by atoms with van der Waals surface area (Å²) < 4.78 is 7.17. The van der Waals surface area contributed by atoms with E-state index in [1.807, 2.05) is 22.8 Å². The minimum Gasteiger partial charge on any atom is -0.497 e. The molecular formula is C15H20N4O2. The number of rotatable bonds is 6. The topological polar surface area (TPSA) is 82.2 Å². The first kappa shape index (κ1) is 13.7. The molecule has 0 aliphatic heterocycles. The Morgan fingerprint density at radius 2 is 2.33 bits per heavy atom. The van der Waals surface area contributed by atoms with Crippen molar-refractivity contribution in [3.63, 3.8) is 0 Å². The number of amides is 1. The number of carbonyl (C=O) groups excluding carboxylic acids is 1. The van der Waals surface area contributed by atoms with Crippen LogP contribution in [-0.2, 0) is 11.3 Å². The number of hydrogen-bond acceptors (Lipinski definition) is 4. The van der Waals surface area contributed by atoms with E-state index >= 15 is 0 Å². The molecule has 1 aromatic carbocycles. The van der Waals surface area contributed by atoms with Gasteiger partial charge in [-0.2, -0.15) is 0 Å². The highest BCUT2D eigenvalue weighted by molar-refractivity contribution is 5.80. The summed E-state index contributed by atoms with van der Waals surface area (Å²) in [6.45, 7) is 0.674. The number of nitrogens with one attached hydrogen (secondary N) is 1. The van der Waals surface area contributed by atoms with E-state index in [1.165, 1.54) is 0 Å². The maximum atomic E-state index is 11.7. The molecule has 21 heavy (non-hydrogen) atoms. The summed E-state index contributed by atoms with van der Waals surface area (Å²) in [5, 5.41) is 2.99. The number of aromatic nitrogens is 2.